The molecule has 0 radical (unpaired) electrons. The molecular formula is C22H28N2. The lowest BCUT2D eigenvalue weighted by Crippen LogP contribution is -2.38. The predicted molar refractivity (Wildman–Crippen MR) is 101 cm³/mol. The standard InChI is InChI=1S/C22H28N2/c1-2-4-12-21(11-3-1)24(15-13-20-10-7-14-23-20)22-16-18-8-5-6-9-19(18)17-22/h1,3-6,8-9,11-12,20,22-23H,2,7,10,13-17H2. The molecule has 0 aromatic heterocycles. The Morgan fingerprint density at radius 3 is 2.67 bits per heavy atom. The highest BCUT2D eigenvalue weighted by molar-refractivity contribution is 5.35. The largest absolute Gasteiger partial charge is 0.368 e. The molecule has 1 N–H and O–H groups in total. The van der Waals surface area contributed by atoms with E-state index in [-0.39, 0.29) is 0 Å². The maximum absolute atomic E-state index is 3.66. The van der Waals surface area contributed by atoms with Crippen LogP contribution in [0.5, 0.6) is 0 Å². The lowest BCUT2D eigenvalue weighted by molar-refractivity contribution is 0.253. The first-order chi connectivity index (χ1) is 11.9. The van der Waals surface area contributed by atoms with E-state index in [1.165, 1.54) is 44.3 Å². The van der Waals surface area contributed by atoms with Crippen molar-refractivity contribution in [2.24, 2.45) is 0 Å². The van der Waals surface area contributed by atoms with Crippen LogP contribution in [0, 0.1) is 0 Å². The molecule has 1 aliphatic heterocycles. The van der Waals surface area contributed by atoms with E-state index in [1.807, 2.05) is 0 Å². The summed E-state index contributed by atoms with van der Waals surface area (Å²) in [6.07, 6.45) is 18.7. The lowest BCUT2D eigenvalue weighted by atomic mass is 10.1. The Morgan fingerprint density at radius 1 is 1.08 bits per heavy atom. The minimum atomic E-state index is 0.603. The fraction of sp³-hybridized carbons (Fsp3) is 0.455. The van der Waals surface area contributed by atoms with E-state index >= 15 is 0 Å². The third-order valence-corrected chi connectivity index (χ3v) is 5.65. The van der Waals surface area contributed by atoms with E-state index in [2.05, 4.69) is 64.9 Å². The molecule has 1 fully saturated rings. The van der Waals surface area contributed by atoms with Gasteiger partial charge in [0.25, 0.3) is 0 Å². The van der Waals surface area contributed by atoms with Gasteiger partial charge in [-0.3, -0.25) is 0 Å². The second-order valence-corrected chi connectivity index (χ2v) is 7.26. The van der Waals surface area contributed by atoms with Gasteiger partial charge in [-0.1, -0.05) is 42.5 Å². The molecule has 1 unspecified atom stereocenters. The number of nitrogens with zero attached hydrogens (tertiary/aromatic N) is 1. The van der Waals surface area contributed by atoms with Crippen molar-refractivity contribution in [1.82, 2.24) is 10.2 Å². The zero-order valence-electron chi connectivity index (χ0n) is 14.5. The molecule has 1 atom stereocenters. The number of nitrogens with one attached hydrogen (secondary N) is 1. The van der Waals surface area contributed by atoms with Gasteiger partial charge in [0, 0.05) is 24.3 Å². The third kappa shape index (κ3) is 3.49. The minimum absolute atomic E-state index is 0.603. The fourth-order valence-electron chi connectivity index (χ4n) is 4.34. The van der Waals surface area contributed by atoms with Crippen molar-refractivity contribution in [1.29, 1.82) is 0 Å². The van der Waals surface area contributed by atoms with E-state index in [1.54, 1.807) is 11.1 Å². The van der Waals surface area contributed by atoms with Gasteiger partial charge in [0.05, 0.1) is 0 Å². The highest BCUT2D eigenvalue weighted by Crippen LogP contribution is 2.29. The number of allylic oxidation sites excluding steroid dienone is 5. The molecule has 2 aliphatic carbocycles. The van der Waals surface area contributed by atoms with Crippen LogP contribution in [0.1, 0.15) is 36.8 Å². The molecule has 2 heteroatoms. The summed E-state index contributed by atoms with van der Waals surface area (Å²) in [6, 6.07) is 10.3. The fourth-order valence-corrected chi connectivity index (χ4v) is 4.34. The second-order valence-electron chi connectivity index (χ2n) is 7.26. The summed E-state index contributed by atoms with van der Waals surface area (Å²) in [7, 11) is 0. The molecule has 0 amide bonds. The van der Waals surface area contributed by atoms with Crippen LogP contribution in [0.15, 0.2) is 60.3 Å². The summed E-state index contributed by atoms with van der Waals surface area (Å²) in [4.78, 5) is 2.67. The lowest BCUT2D eigenvalue weighted by Gasteiger charge is -2.33. The molecule has 0 spiro atoms. The van der Waals surface area contributed by atoms with E-state index in [9.17, 15) is 0 Å². The van der Waals surface area contributed by atoms with Gasteiger partial charge in [0.2, 0.25) is 0 Å². The van der Waals surface area contributed by atoms with Crippen molar-refractivity contribution < 1.29 is 0 Å². The monoisotopic (exact) mass is 320 g/mol. The normalized spacial score (nSPS) is 23.2. The summed E-state index contributed by atoms with van der Waals surface area (Å²) in [5.41, 5.74) is 4.47. The van der Waals surface area contributed by atoms with Crippen LogP contribution in [-0.4, -0.2) is 30.1 Å². The Hall–Kier alpha value is -1.80. The summed E-state index contributed by atoms with van der Waals surface area (Å²) in [6.45, 7) is 2.35. The molecule has 4 rings (SSSR count). The molecule has 3 aliphatic rings. The van der Waals surface area contributed by atoms with Crippen molar-refractivity contribution in [3.05, 3.63) is 71.5 Å². The van der Waals surface area contributed by atoms with Gasteiger partial charge in [0.1, 0.15) is 0 Å². The average Bonchev–Trinajstić information content (AvgIpc) is 3.19. The quantitative estimate of drug-likeness (QED) is 0.882. The van der Waals surface area contributed by atoms with Crippen molar-refractivity contribution in [2.75, 3.05) is 13.1 Å². The maximum atomic E-state index is 3.66. The summed E-state index contributed by atoms with van der Waals surface area (Å²) in [5, 5.41) is 3.66. The van der Waals surface area contributed by atoms with Gasteiger partial charge < -0.3 is 10.2 Å². The maximum Gasteiger partial charge on any atom is 0.0370 e. The summed E-state index contributed by atoms with van der Waals surface area (Å²) in [5.74, 6) is 0. The zero-order chi connectivity index (χ0) is 16.2. The molecule has 0 bridgehead atoms. The van der Waals surface area contributed by atoms with E-state index in [4.69, 9.17) is 0 Å². The molecule has 1 saturated heterocycles. The smallest absolute Gasteiger partial charge is 0.0370 e. The number of benzene rings is 1. The molecule has 1 aromatic rings. The molecule has 0 saturated carbocycles. The van der Waals surface area contributed by atoms with Crippen LogP contribution in [-0.2, 0) is 12.8 Å². The average molecular weight is 320 g/mol. The topological polar surface area (TPSA) is 15.3 Å². The summed E-state index contributed by atoms with van der Waals surface area (Å²) < 4.78 is 0. The Balaban J connectivity index is 1.51. The Morgan fingerprint density at radius 2 is 1.92 bits per heavy atom. The third-order valence-electron chi connectivity index (χ3n) is 5.65. The van der Waals surface area contributed by atoms with E-state index in [0.29, 0.717) is 12.1 Å². The van der Waals surface area contributed by atoms with Crippen LogP contribution in [0.4, 0.5) is 0 Å². The van der Waals surface area contributed by atoms with Crippen molar-refractivity contribution in [3.63, 3.8) is 0 Å². The van der Waals surface area contributed by atoms with Crippen molar-refractivity contribution in [3.8, 4) is 0 Å². The first-order valence-corrected chi connectivity index (χ1v) is 9.50. The van der Waals surface area contributed by atoms with Gasteiger partial charge in [-0.05, 0) is 68.3 Å². The van der Waals surface area contributed by atoms with Gasteiger partial charge in [0.15, 0.2) is 0 Å². The van der Waals surface area contributed by atoms with Gasteiger partial charge in [-0.2, -0.15) is 0 Å². The van der Waals surface area contributed by atoms with Crippen molar-refractivity contribution in [2.45, 2.75) is 50.6 Å². The highest BCUT2D eigenvalue weighted by Gasteiger charge is 2.28. The number of hydrogen-bond donors (Lipinski definition) is 1. The van der Waals surface area contributed by atoms with Gasteiger partial charge >= 0.3 is 0 Å². The summed E-state index contributed by atoms with van der Waals surface area (Å²) >= 11 is 0. The number of fused-ring (bicyclic) bond motifs is 1. The molecule has 24 heavy (non-hydrogen) atoms. The first-order valence-electron chi connectivity index (χ1n) is 9.50. The molecule has 2 nitrogen and oxygen atoms in total. The van der Waals surface area contributed by atoms with Crippen LogP contribution < -0.4 is 5.32 Å². The van der Waals surface area contributed by atoms with E-state index < -0.39 is 0 Å². The number of rotatable bonds is 5. The molecular weight excluding hydrogens is 292 g/mol. The van der Waals surface area contributed by atoms with Crippen LogP contribution in [0.3, 0.4) is 0 Å². The highest BCUT2D eigenvalue weighted by atomic mass is 15.2. The Bertz CT molecular complexity index is 625. The SMILES string of the molecule is C1=CCC=CC(N(CCC2CCCN2)C2Cc3ccccc3C2)=C1. The van der Waals surface area contributed by atoms with Crippen LogP contribution >= 0.6 is 0 Å². The van der Waals surface area contributed by atoms with Crippen molar-refractivity contribution >= 4 is 0 Å². The zero-order valence-corrected chi connectivity index (χ0v) is 14.5. The first kappa shape index (κ1) is 15.7. The minimum Gasteiger partial charge on any atom is -0.368 e. The number of hydrogen-bond acceptors (Lipinski definition) is 2. The molecule has 126 valence electrons. The second kappa shape index (κ2) is 7.40. The Labute approximate surface area is 145 Å². The predicted octanol–water partition coefficient (Wildman–Crippen LogP) is 4.00. The molecule has 1 aromatic carbocycles. The molecule has 1 heterocycles. The van der Waals surface area contributed by atoms with Crippen LogP contribution in [0.25, 0.3) is 0 Å². The van der Waals surface area contributed by atoms with Gasteiger partial charge in [-0.25, -0.2) is 0 Å². The Kier molecular flexibility index (Phi) is 4.84. The van der Waals surface area contributed by atoms with Crippen LogP contribution in [0.2, 0.25) is 0 Å². The van der Waals surface area contributed by atoms with Gasteiger partial charge in [-0.15, -0.1) is 0 Å². The van der Waals surface area contributed by atoms with E-state index in [0.717, 1.165) is 13.0 Å².